The largest absolute Gasteiger partial charge is 0.334 e. The molecule has 5 heteroatoms. The summed E-state index contributed by atoms with van der Waals surface area (Å²) in [5.74, 6) is 0.218. The Labute approximate surface area is 104 Å². The van der Waals surface area contributed by atoms with Gasteiger partial charge in [0.25, 0.3) is 5.89 Å². The Kier molecular flexibility index (Phi) is 3.43. The van der Waals surface area contributed by atoms with E-state index in [1.807, 2.05) is 6.92 Å². The molecule has 90 valence electrons. The van der Waals surface area contributed by atoms with Gasteiger partial charge in [-0.3, -0.25) is 0 Å². The maximum atomic E-state index is 13.8. The Balaban J connectivity index is 2.40. The van der Waals surface area contributed by atoms with E-state index >= 15 is 0 Å². The summed E-state index contributed by atoms with van der Waals surface area (Å²) in [5.41, 5.74) is 0.851. The summed E-state index contributed by atoms with van der Waals surface area (Å²) in [7, 11) is 0. The van der Waals surface area contributed by atoms with E-state index in [0.29, 0.717) is 23.4 Å². The van der Waals surface area contributed by atoms with Crippen molar-refractivity contribution in [3.63, 3.8) is 0 Å². The van der Waals surface area contributed by atoms with Crippen LogP contribution in [0.1, 0.15) is 30.1 Å². The first-order valence-corrected chi connectivity index (χ1v) is 5.80. The SMILES string of the molecule is CCC(Cl)c1noc(-c2cccc(C)c2F)n1. The van der Waals surface area contributed by atoms with E-state index < -0.39 is 0 Å². The third kappa shape index (κ3) is 2.31. The molecule has 0 spiro atoms. The first-order chi connectivity index (χ1) is 8.13. The second-order valence-corrected chi connectivity index (χ2v) is 4.30. The first-order valence-electron chi connectivity index (χ1n) is 5.36. The summed E-state index contributed by atoms with van der Waals surface area (Å²) in [6, 6.07) is 5.04. The van der Waals surface area contributed by atoms with Crippen molar-refractivity contribution in [2.45, 2.75) is 25.6 Å². The predicted octanol–water partition coefficient (Wildman–Crippen LogP) is 3.87. The van der Waals surface area contributed by atoms with E-state index in [-0.39, 0.29) is 17.1 Å². The van der Waals surface area contributed by atoms with Gasteiger partial charge in [-0.25, -0.2) is 4.39 Å². The summed E-state index contributed by atoms with van der Waals surface area (Å²) in [6.07, 6.45) is 0.691. The van der Waals surface area contributed by atoms with E-state index in [0.717, 1.165) is 0 Å². The summed E-state index contributed by atoms with van der Waals surface area (Å²) >= 11 is 5.98. The summed E-state index contributed by atoms with van der Waals surface area (Å²) in [6.45, 7) is 3.60. The van der Waals surface area contributed by atoms with E-state index in [4.69, 9.17) is 16.1 Å². The Morgan fingerprint density at radius 2 is 2.24 bits per heavy atom. The van der Waals surface area contributed by atoms with Gasteiger partial charge in [0, 0.05) is 0 Å². The fraction of sp³-hybridized carbons (Fsp3) is 0.333. The maximum Gasteiger partial charge on any atom is 0.260 e. The molecule has 2 aromatic rings. The van der Waals surface area contributed by atoms with Crippen LogP contribution in [0.5, 0.6) is 0 Å². The fourth-order valence-corrected chi connectivity index (χ4v) is 1.56. The molecule has 1 aromatic heterocycles. The summed E-state index contributed by atoms with van der Waals surface area (Å²) in [4.78, 5) is 4.10. The van der Waals surface area contributed by atoms with Crippen molar-refractivity contribution < 1.29 is 8.91 Å². The number of halogens is 2. The van der Waals surface area contributed by atoms with Gasteiger partial charge in [0.2, 0.25) is 0 Å². The zero-order valence-corrected chi connectivity index (χ0v) is 10.3. The number of hydrogen-bond donors (Lipinski definition) is 0. The van der Waals surface area contributed by atoms with Crippen LogP contribution in [0.4, 0.5) is 4.39 Å². The van der Waals surface area contributed by atoms with Crippen LogP contribution in [0.2, 0.25) is 0 Å². The van der Waals surface area contributed by atoms with E-state index in [1.54, 1.807) is 25.1 Å². The highest BCUT2D eigenvalue weighted by Crippen LogP contribution is 2.26. The molecule has 0 saturated heterocycles. The molecule has 1 aromatic carbocycles. The molecule has 0 aliphatic carbocycles. The van der Waals surface area contributed by atoms with Gasteiger partial charge in [-0.1, -0.05) is 24.2 Å². The van der Waals surface area contributed by atoms with Crippen LogP contribution in [0.15, 0.2) is 22.7 Å². The molecule has 17 heavy (non-hydrogen) atoms. The van der Waals surface area contributed by atoms with Crippen LogP contribution in [0.25, 0.3) is 11.5 Å². The third-order valence-electron chi connectivity index (χ3n) is 2.50. The molecular weight excluding hydrogens is 243 g/mol. The van der Waals surface area contributed by atoms with Crippen molar-refractivity contribution in [3.8, 4) is 11.5 Å². The van der Waals surface area contributed by atoms with Gasteiger partial charge in [0.1, 0.15) is 5.82 Å². The molecule has 1 heterocycles. The number of benzene rings is 1. The van der Waals surface area contributed by atoms with Crippen LogP contribution in [-0.4, -0.2) is 10.1 Å². The van der Waals surface area contributed by atoms with Crippen molar-refractivity contribution in [2.75, 3.05) is 0 Å². The molecule has 1 atom stereocenters. The second kappa shape index (κ2) is 4.84. The second-order valence-electron chi connectivity index (χ2n) is 3.77. The lowest BCUT2D eigenvalue weighted by atomic mass is 10.1. The van der Waals surface area contributed by atoms with Gasteiger partial charge in [0.15, 0.2) is 5.82 Å². The molecule has 1 unspecified atom stereocenters. The number of hydrogen-bond acceptors (Lipinski definition) is 3. The highest BCUT2D eigenvalue weighted by molar-refractivity contribution is 6.20. The van der Waals surface area contributed by atoms with E-state index in [9.17, 15) is 4.39 Å². The molecule has 3 nitrogen and oxygen atoms in total. The standard InChI is InChI=1S/C12H12ClFN2O/c1-3-9(13)11-15-12(17-16-11)8-6-4-5-7(2)10(8)14/h4-6,9H,3H2,1-2H3. The average molecular weight is 255 g/mol. The molecule has 0 aliphatic rings. The van der Waals surface area contributed by atoms with Gasteiger partial charge in [-0.2, -0.15) is 4.98 Å². The van der Waals surface area contributed by atoms with Crippen molar-refractivity contribution in [1.82, 2.24) is 10.1 Å². The molecule has 0 fully saturated rings. The third-order valence-corrected chi connectivity index (χ3v) is 3.01. The van der Waals surface area contributed by atoms with E-state index in [1.165, 1.54) is 0 Å². The van der Waals surface area contributed by atoms with Crippen molar-refractivity contribution >= 4 is 11.6 Å². The van der Waals surface area contributed by atoms with Crippen LogP contribution in [0.3, 0.4) is 0 Å². The molecule has 0 bridgehead atoms. The van der Waals surface area contributed by atoms with Crippen LogP contribution >= 0.6 is 11.6 Å². The summed E-state index contributed by atoms with van der Waals surface area (Å²) in [5, 5.41) is 3.44. The zero-order valence-electron chi connectivity index (χ0n) is 9.58. The van der Waals surface area contributed by atoms with Gasteiger partial charge < -0.3 is 4.52 Å². The van der Waals surface area contributed by atoms with Gasteiger partial charge in [-0.05, 0) is 25.0 Å². The lowest BCUT2D eigenvalue weighted by Gasteiger charge is -2.00. The maximum absolute atomic E-state index is 13.8. The monoisotopic (exact) mass is 254 g/mol. The Morgan fingerprint density at radius 3 is 2.94 bits per heavy atom. The van der Waals surface area contributed by atoms with Crippen molar-refractivity contribution in [2.24, 2.45) is 0 Å². The van der Waals surface area contributed by atoms with Crippen LogP contribution < -0.4 is 0 Å². The predicted molar refractivity (Wildman–Crippen MR) is 63.3 cm³/mol. The average Bonchev–Trinajstić information content (AvgIpc) is 2.81. The lowest BCUT2D eigenvalue weighted by molar-refractivity contribution is 0.419. The fourth-order valence-electron chi connectivity index (χ4n) is 1.47. The molecule has 0 N–H and O–H groups in total. The molecule has 2 rings (SSSR count). The smallest absolute Gasteiger partial charge is 0.260 e. The van der Waals surface area contributed by atoms with E-state index in [2.05, 4.69) is 10.1 Å². The Morgan fingerprint density at radius 1 is 1.47 bits per heavy atom. The highest BCUT2D eigenvalue weighted by atomic mass is 35.5. The molecule has 0 amide bonds. The zero-order chi connectivity index (χ0) is 12.4. The quantitative estimate of drug-likeness (QED) is 0.781. The molecule has 0 saturated carbocycles. The number of nitrogens with zero attached hydrogens (tertiary/aromatic N) is 2. The topological polar surface area (TPSA) is 38.9 Å². The first kappa shape index (κ1) is 12.0. The number of aryl methyl sites for hydroxylation is 1. The normalized spacial score (nSPS) is 12.7. The molecule has 0 radical (unpaired) electrons. The highest BCUT2D eigenvalue weighted by Gasteiger charge is 2.17. The minimum atomic E-state index is -0.342. The molecular formula is C12H12ClFN2O. The minimum absolute atomic E-state index is 0.167. The van der Waals surface area contributed by atoms with Crippen molar-refractivity contribution in [1.29, 1.82) is 0 Å². The number of alkyl halides is 1. The van der Waals surface area contributed by atoms with Gasteiger partial charge in [-0.15, -0.1) is 11.6 Å². The molecule has 0 aliphatic heterocycles. The van der Waals surface area contributed by atoms with Crippen LogP contribution in [0, 0.1) is 12.7 Å². The number of rotatable bonds is 3. The minimum Gasteiger partial charge on any atom is -0.334 e. The summed E-state index contributed by atoms with van der Waals surface area (Å²) < 4.78 is 18.8. The van der Waals surface area contributed by atoms with Gasteiger partial charge in [0.05, 0.1) is 10.9 Å². The lowest BCUT2D eigenvalue weighted by Crippen LogP contribution is -1.92. The number of aromatic nitrogens is 2. The van der Waals surface area contributed by atoms with Gasteiger partial charge >= 0.3 is 0 Å². The van der Waals surface area contributed by atoms with Crippen LogP contribution in [-0.2, 0) is 0 Å². The Hall–Kier alpha value is -1.42. The Bertz CT molecular complexity index is 527. The van der Waals surface area contributed by atoms with Crippen molar-refractivity contribution in [3.05, 3.63) is 35.4 Å².